The zero-order chi connectivity index (χ0) is 22.8. The van der Waals surface area contributed by atoms with Gasteiger partial charge in [0.15, 0.2) is 0 Å². The van der Waals surface area contributed by atoms with E-state index in [0.717, 1.165) is 35.8 Å². The average Bonchev–Trinajstić information content (AvgIpc) is 3.22. The Labute approximate surface area is 189 Å². The molecule has 1 aromatic rings. The first-order chi connectivity index (χ1) is 14.6. The van der Waals surface area contributed by atoms with E-state index in [1.165, 1.54) is 7.05 Å². The third-order valence-corrected chi connectivity index (χ3v) is 8.77. The minimum Gasteiger partial charge on any atom is -0.341 e. The number of carbonyl (C=O) groups is 2. The quantitative estimate of drug-likeness (QED) is 0.661. The Morgan fingerprint density at radius 3 is 2.61 bits per heavy atom. The smallest absolute Gasteiger partial charge is 0.239 e. The molecule has 172 valence electrons. The lowest BCUT2D eigenvalue weighted by Crippen LogP contribution is -2.46. The molecule has 3 rings (SSSR count). The Morgan fingerprint density at radius 2 is 1.97 bits per heavy atom. The molecule has 2 aliphatic heterocycles. The number of aryl methyl sites for hydroxylation is 1. The summed E-state index contributed by atoms with van der Waals surface area (Å²) < 4.78 is 27.0. The number of amides is 2. The third-order valence-electron chi connectivity index (χ3n) is 6.16. The highest BCUT2D eigenvalue weighted by Crippen LogP contribution is 2.23. The van der Waals surface area contributed by atoms with Gasteiger partial charge >= 0.3 is 0 Å². The number of anilines is 1. The molecule has 31 heavy (non-hydrogen) atoms. The number of hydrogen-bond donors (Lipinski definition) is 2. The minimum atomic E-state index is -3.73. The van der Waals surface area contributed by atoms with Gasteiger partial charge in [0, 0.05) is 37.4 Å². The van der Waals surface area contributed by atoms with Crippen molar-refractivity contribution in [1.29, 1.82) is 0 Å². The molecule has 2 aliphatic rings. The fourth-order valence-electron chi connectivity index (χ4n) is 3.99. The summed E-state index contributed by atoms with van der Waals surface area (Å²) in [6.07, 6.45) is 2.17. The van der Waals surface area contributed by atoms with Gasteiger partial charge in [-0.2, -0.15) is 4.31 Å². The van der Waals surface area contributed by atoms with Gasteiger partial charge in [0.1, 0.15) is 0 Å². The fraction of sp³-hybridized carbons (Fsp3) is 0.619. The second-order valence-electron chi connectivity index (χ2n) is 8.64. The molecule has 2 fully saturated rings. The normalized spacial score (nSPS) is 22.7. The first-order valence-corrected chi connectivity index (χ1v) is 12.5. The van der Waals surface area contributed by atoms with Crippen molar-refractivity contribution >= 4 is 39.1 Å². The lowest BCUT2D eigenvalue weighted by molar-refractivity contribution is -0.134. The van der Waals surface area contributed by atoms with Crippen molar-refractivity contribution in [3.05, 3.63) is 28.8 Å². The van der Waals surface area contributed by atoms with E-state index in [2.05, 4.69) is 17.6 Å². The highest BCUT2D eigenvalue weighted by atomic mass is 35.5. The van der Waals surface area contributed by atoms with Gasteiger partial charge in [0.05, 0.1) is 17.8 Å². The predicted octanol–water partition coefficient (Wildman–Crippen LogP) is 1.84. The number of likely N-dealkylation sites (tertiary alicyclic amines) is 1. The molecule has 2 N–H and O–H groups in total. The van der Waals surface area contributed by atoms with Crippen LogP contribution in [0.15, 0.2) is 18.2 Å². The van der Waals surface area contributed by atoms with Gasteiger partial charge in [0.2, 0.25) is 21.8 Å². The number of nitrogens with zero attached hydrogens (tertiary/aromatic N) is 2. The Bertz CT molecular complexity index is 931. The molecule has 0 radical (unpaired) electrons. The van der Waals surface area contributed by atoms with Crippen molar-refractivity contribution in [3.63, 3.8) is 0 Å². The Morgan fingerprint density at radius 1 is 1.29 bits per heavy atom. The van der Waals surface area contributed by atoms with Crippen LogP contribution in [0.5, 0.6) is 0 Å². The van der Waals surface area contributed by atoms with Crippen LogP contribution in [0, 0.1) is 12.8 Å². The van der Waals surface area contributed by atoms with E-state index in [4.69, 9.17) is 11.6 Å². The van der Waals surface area contributed by atoms with Gasteiger partial charge in [0.25, 0.3) is 0 Å². The van der Waals surface area contributed by atoms with Crippen LogP contribution >= 0.6 is 11.6 Å². The number of likely N-dealkylation sites (N-methyl/N-ethyl adjacent to an activating group) is 1. The van der Waals surface area contributed by atoms with Crippen molar-refractivity contribution < 1.29 is 18.0 Å². The van der Waals surface area contributed by atoms with E-state index in [1.807, 2.05) is 11.8 Å². The van der Waals surface area contributed by atoms with Crippen LogP contribution in [0.1, 0.15) is 31.7 Å². The summed E-state index contributed by atoms with van der Waals surface area (Å²) in [5.74, 6) is 0.137. The van der Waals surface area contributed by atoms with Crippen molar-refractivity contribution in [2.45, 2.75) is 44.4 Å². The topological polar surface area (TPSA) is 98.8 Å². The van der Waals surface area contributed by atoms with Crippen molar-refractivity contribution in [1.82, 2.24) is 14.5 Å². The van der Waals surface area contributed by atoms with Gasteiger partial charge in [-0.05, 0) is 49.8 Å². The summed E-state index contributed by atoms with van der Waals surface area (Å²) >= 11 is 6.07. The highest BCUT2D eigenvalue weighted by molar-refractivity contribution is 7.89. The van der Waals surface area contributed by atoms with Gasteiger partial charge in [-0.25, -0.2) is 8.42 Å². The van der Waals surface area contributed by atoms with Crippen LogP contribution in [0.25, 0.3) is 0 Å². The molecule has 8 nitrogen and oxygen atoms in total. The number of piperidine rings is 1. The standard InChI is InChI=1S/C21H31ClN4O4S/c1-14-6-8-26(9-7-14)21(28)19-11-17(12-23-19)31(29,30)25(3)13-20(27)24-16-5-4-15(2)18(22)10-16/h4-5,10,14,17,19,23H,6-9,11-13H2,1-3H3,(H,24,27). The molecule has 0 aliphatic carbocycles. The lowest BCUT2D eigenvalue weighted by atomic mass is 9.98. The Hall–Kier alpha value is -1.68. The van der Waals surface area contributed by atoms with Crippen LogP contribution in [-0.4, -0.2) is 74.0 Å². The van der Waals surface area contributed by atoms with E-state index in [0.29, 0.717) is 16.6 Å². The summed E-state index contributed by atoms with van der Waals surface area (Å²) in [7, 11) is -2.35. The second-order valence-corrected chi connectivity index (χ2v) is 11.4. The Balaban J connectivity index is 1.55. The molecule has 2 heterocycles. The molecule has 10 heteroatoms. The third kappa shape index (κ3) is 5.77. The minimum absolute atomic E-state index is 0.0266. The second kappa shape index (κ2) is 9.85. The molecule has 2 atom stereocenters. The van der Waals surface area contributed by atoms with E-state index < -0.39 is 27.2 Å². The zero-order valence-corrected chi connectivity index (χ0v) is 19.8. The number of carbonyl (C=O) groups excluding carboxylic acids is 2. The predicted molar refractivity (Wildman–Crippen MR) is 122 cm³/mol. The Kier molecular flexibility index (Phi) is 7.62. The van der Waals surface area contributed by atoms with Gasteiger partial charge in [-0.1, -0.05) is 24.6 Å². The van der Waals surface area contributed by atoms with E-state index in [9.17, 15) is 18.0 Å². The molecule has 1 aromatic carbocycles. The maximum atomic E-state index is 13.0. The number of nitrogens with one attached hydrogen (secondary N) is 2. The molecule has 0 aromatic heterocycles. The first-order valence-electron chi connectivity index (χ1n) is 10.6. The number of sulfonamides is 1. The van der Waals surface area contributed by atoms with Gasteiger partial charge in [-0.3, -0.25) is 9.59 Å². The zero-order valence-electron chi connectivity index (χ0n) is 18.2. The average molecular weight is 471 g/mol. The number of rotatable bonds is 6. The highest BCUT2D eigenvalue weighted by Gasteiger charge is 2.41. The molecular weight excluding hydrogens is 440 g/mol. The maximum Gasteiger partial charge on any atom is 0.239 e. The summed E-state index contributed by atoms with van der Waals surface area (Å²) in [5.41, 5.74) is 1.40. The number of hydrogen-bond acceptors (Lipinski definition) is 5. The summed E-state index contributed by atoms with van der Waals surface area (Å²) in [4.78, 5) is 26.9. The first kappa shape index (κ1) is 24.0. The molecule has 0 spiro atoms. The van der Waals surface area contributed by atoms with Crippen molar-refractivity contribution in [2.75, 3.05) is 38.5 Å². The summed E-state index contributed by atoms with van der Waals surface area (Å²) in [6, 6.07) is 4.63. The summed E-state index contributed by atoms with van der Waals surface area (Å²) in [5, 5.41) is 5.52. The molecule has 2 amide bonds. The van der Waals surface area contributed by atoms with Crippen molar-refractivity contribution in [2.24, 2.45) is 5.92 Å². The molecule has 0 bridgehead atoms. The monoisotopic (exact) mass is 470 g/mol. The van der Waals surface area contributed by atoms with Crippen LogP contribution in [0.3, 0.4) is 0 Å². The largest absolute Gasteiger partial charge is 0.341 e. The molecular formula is C21H31ClN4O4S. The lowest BCUT2D eigenvalue weighted by Gasteiger charge is -2.32. The van der Waals surface area contributed by atoms with Crippen LogP contribution in [0.4, 0.5) is 5.69 Å². The summed E-state index contributed by atoms with van der Waals surface area (Å²) in [6.45, 7) is 5.36. The van der Waals surface area contributed by atoms with Gasteiger partial charge in [-0.15, -0.1) is 0 Å². The van der Waals surface area contributed by atoms with Crippen LogP contribution in [-0.2, 0) is 19.6 Å². The molecule has 2 saturated heterocycles. The molecule has 0 saturated carbocycles. The molecule has 2 unspecified atom stereocenters. The van der Waals surface area contributed by atoms with Gasteiger partial charge < -0.3 is 15.5 Å². The number of benzene rings is 1. The van der Waals surface area contributed by atoms with E-state index in [1.54, 1.807) is 18.2 Å². The van der Waals surface area contributed by atoms with Crippen LogP contribution in [0.2, 0.25) is 5.02 Å². The van der Waals surface area contributed by atoms with Crippen molar-refractivity contribution in [3.8, 4) is 0 Å². The fourth-order valence-corrected chi connectivity index (χ4v) is 5.71. The van der Waals surface area contributed by atoms with E-state index >= 15 is 0 Å². The van der Waals surface area contributed by atoms with E-state index in [-0.39, 0.29) is 25.4 Å². The SMILES string of the molecule is Cc1ccc(NC(=O)CN(C)S(=O)(=O)C2CNC(C(=O)N3CCC(C)CC3)C2)cc1Cl. The van der Waals surface area contributed by atoms with Crippen LogP contribution < -0.4 is 10.6 Å². The maximum absolute atomic E-state index is 13.0. The number of halogens is 1.